The average Bonchev–Trinajstić information content (AvgIpc) is 3.12. The molecule has 0 N–H and O–H groups in total. The number of anilines is 1. The summed E-state index contributed by atoms with van der Waals surface area (Å²) in [5.74, 6) is 1.40. The second-order valence-electron chi connectivity index (χ2n) is 9.45. The summed E-state index contributed by atoms with van der Waals surface area (Å²) in [5.41, 5.74) is 2.98. The van der Waals surface area contributed by atoms with Gasteiger partial charge in [-0.1, -0.05) is 31.2 Å². The van der Waals surface area contributed by atoms with Crippen LogP contribution in [0.5, 0.6) is 17.2 Å². The molecule has 1 aliphatic heterocycles. The number of carbonyl (C=O) groups excluding carboxylic acids is 2. The van der Waals surface area contributed by atoms with Crippen molar-refractivity contribution in [2.75, 3.05) is 4.90 Å². The summed E-state index contributed by atoms with van der Waals surface area (Å²) >= 11 is 0. The fourth-order valence-electron chi connectivity index (χ4n) is 4.47. The zero-order chi connectivity index (χ0) is 25.3. The number of benzene rings is 3. The average molecular weight is 476 g/mol. The van der Waals surface area contributed by atoms with Crippen LogP contribution in [-0.4, -0.2) is 24.1 Å². The number of aryl methyl sites for hydroxylation is 1. The van der Waals surface area contributed by atoms with Gasteiger partial charge in [-0.05, 0) is 64.8 Å². The maximum atomic E-state index is 13.9. The van der Waals surface area contributed by atoms with Crippen LogP contribution in [0.25, 0.3) is 10.8 Å². The van der Waals surface area contributed by atoms with Gasteiger partial charge in [0, 0.05) is 28.4 Å². The molecule has 3 aromatic rings. The standard InChI is InChI=1S/C29H33NO5/c1-7-10-25(31)35-20-13-14-24(19(6)15-20)30-16-23-26(29(30)32)28(34-18(4)5)22-12-9-8-11-21(22)27(23)33-17(2)3/h8-9,11-15,17-18H,7,10,16H2,1-6H3. The third-order valence-electron chi connectivity index (χ3n) is 5.85. The molecular formula is C29H33NO5. The molecule has 6 heteroatoms. The smallest absolute Gasteiger partial charge is 0.311 e. The fraction of sp³-hybridized carbons (Fsp3) is 0.379. The summed E-state index contributed by atoms with van der Waals surface area (Å²) in [4.78, 5) is 27.6. The van der Waals surface area contributed by atoms with Gasteiger partial charge >= 0.3 is 5.97 Å². The molecule has 0 saturated carbocycles. The van der Waals surface area contributed by atoms with E-state index in [4.69, 9.17) is 14.2 Å². The van der Waals surface area contributed by atoms with Crippen LogP contribution >= 0.6 is 0 Å². The van der Waals surface area contributed by atoms with Crippen molar-refractivity contribution < 1.29 is 23.8 Å². The van der Waals surface area contributed by atoms with E-state index in [-0.39, 0.29) is 24.1 Å². The number of nitrogens with zero attached hydrogens (tertiary/aromatic N) is 1. The quantitative estimate of drug-likeness (QED) is 0.272. The van der Waals surface area contributed by atoms with Crippen molar-refractivity contribution in [1.82, 2.24) is 0 Å². The highest BCUT2D eigenvalue weighted by Crippen LogP contribution is 2.47. The Morgan fingerprint density at radius 3 is 2.20 bits per heavy atom. The largest absolute Gasteiger partial charge is 0.490 e. The highest BCUT2D eigenvalue weighted by molar-refractivity contribution is 6.17. The molecule has 1 heterocycles. The highest BCUT2D eigenvalue weighted by atomic mass is 16.5. The zero-order valence-corrected chi connectivity index (χ0v) is 21.3. The third kappa shape index (κ3) is 4.83. The molecule has 0 atom stereocenters. The summed E-state index contributed by atoms with van der Waals surface area (Å²) in [6, 6.07) is 13.3. The Kier molecular flexibility index (Phi) is 7.01. The van der Waals surface area contributed by atoms with Crippen molar-refractivity contribution in [3.63, 3.8) is 0 Å². The molecule has 35 heavy (non-hydrogen) atoms. The summed E-state index contributed by atoms with van der Waals surface area (Å²) in [6.07, 6.45) is 0.945. The van der Waals surface area contributed by atoms with E-state index in [9.17, 15) is 9.59 Å². The number of carbonyl (C=O) groups is 2. The van der Waals surface area contributed by atoms with Gasteiger partial charge in [0.1, 0.15) is 17.2 Å². The molecule has 0 radical (unpaired) electrons. The highest BCUT2D eigenvalue weighted by Gasteiger charge is 2.37. The second-order valence-corrected chi connectivity index (χ2v) is 9.45. The molecule has 0 saturated heterocycles. The van der Waals surface area contributed by atoms with E-state index in [1.807, 2.05) is 71.9 Å². The predicted molar refractivity (Wildman–Crippen MR) is 138 cm³/mol. The summed E-state index contributed by atoms with van der Waals surface area (Å²) < 4.78 is 18.0. The first-order chi connectivity index (χ1) is 16.7. The lowest BCUT2D eigenvalue weighted by molar-refractivity contribution is -0.134. The Bertz CT molecular complexity index is 1280. The Morgan fingerprint density at radius 2 is 1.60 bits per heavy atom. The molecule has 6 nitrogen and oxygen atoms in total. The lowest BCUT2D eigenvalue weighted by Crippen LogP contribution is -2.24. The van der Waals surface area contributed by atoms with Crippen LogP contribution < -0.4 is 19.1 Å². The molecule has 4 rings (SSSR count). The van der Waals surface area contributed by atoms with E-state index in [1.165, 1.54) is 0 Å². The van der Waals surface area contributed by atoms with Crippen LogP contribution in [-0.2, 0) is 11.3 Å². The van der Waals surface area contributed by atoms with Gasteiger partial charge in [0.25, 0.3) is 5.91 Å². The van der Waals surface area contributed by atoms with Gasteiger partial charge < -0.3 is 19.1 Å². The van der Waals surface area contributed by atoms with Crippen LogP contribution in [0.4, 0.5) is 5.69 Å². The van der Waals surface area contributed by atoms with Crippen LogP contribution in [0.2, 0.25) is 0 Å². The SMILES string of the molecule is CCCC(=O)Oc1ccc(N2Cc3c(c(OC(C)C)c4ccccc4c3OC(C)C)C2=O)c(C)c1. The van der Waals surface area contributed by atoms with Crippen LogP contribution in [0, 0.1) is 6.92 Å². The number of hydrogen-bond acceptors (Lipinski definition) is 5. The molecule has 0 fully saturated rings. The van der Waals surface area contributed by atoms with E-state index >= 15 is 0 Å². The van der Waals surface area contributed by atoms with Crippen molar-refractivity contribution >= 4 is 28.3 Å². The molecule has 0 unspecified atom stereocenters. The first kappa shape index (κ1) is 24.6. The van der Waals surface area contributed by atoms with Gasteiger partial charge in [0.05, 0.1) is 24.3 Å². The second kappa shape index (κ2) is 9.98. The minimum absolute atomic E-state index is 0.0534. The van der Waals surface area contributed by atoms with Crippen LogP contribution in [0.1, 0.15) is 68.9 Å². The minimum Gasteiger partial charge on any atom is -0.490 e. The number of esters is 1. The molecule has 3 aromatic carbocycles. The van der Waals surface area contributed by atoms with E-state index in [0.29, 0.717) is 30.0 Å². The van der Waals surface area contributed by atoms with Crippen molar-refractivity contribution in [3.05, 3.63) is 59.2 Å². The van der Waals surface area contributed by atoms with E-state index in [1.54, 1.807) is 17.0 Å². The Labute approximate surface area is 206 Å². The Balaban J connectivity index is 1.81. The lowest BCUT2D eigenvalue weighted by atomic mass is 9.99. The summed E-state index contributed by atoms with van der Waals surface area (Å²) in [7, 11) is 0. The number of amides is 1. The zero-order valence-electron chi connectivity index (χ0n) is 21.3. The van der Waals surface area contributed by atoms with Gasteiger partial charge in [-0.25, -0.2) is 0 Å². The number of ether oxygens (including phenoxy) is 3. The maximum Gasteiger partial charge on any atom is 0.311 e. The van der Waals surface area contributed by atoms with Gasteiger partial charge in [-0.15, -0.1) is 0 Å². The molecule has 1 aliphatic rings. The monoisotopic (exact) mass is 475 g/mol. The molecule has 0 aliphatic carbocycles. The number of fused-ring (bicyclic) bond motifs is 2. The first-order valence-electron chi connectivity index (χ1n) is 12.2. The maximum absolute atomic E-state index is 13.9. The predicted octanol–water partition coefficient (Wildman–Crippen LogP) is 6.59. The van der Waals surface area contributed by atoms with Gasteiger partial charge in [-0.3, -0.25) is 9.59 Å². The molecular weight excluding hydrogens is 442 g/mol. The van der Waals surface area contributed by atoms with E-state index < -0.39 is 0 Å². The number of rotatable bonds is 8. The van der Waals surface area contributed by atoms with Gasteiger partial charge in [-0.2, -0.15) is 0 Å². The van der Waals surface area contributed by atoms with E-state index in [2.05, 4.69) is 0 Å². The van der Waals surface area contributed by atoms with Crippen molar-refractivity contribution in [2.24, 2.45) is 0 Å². The topological polar surface area (TPSA) is 65.1 Å². The van der Waals surface area contributed by atoms with Crippen molar-refractivity contribution in [1.29, 1.82) is 0 Å². The molecule has 184 valence electrons. The van der Waals surface area contributed by atoms with Crippen LogP contribution in [0.15, 0.2) is 42.5 Å². The first-order valence-corrected chi connectivity index (χ1v) is 12.2. The lowest BCUT2D eigenvalue weighted by Gasteiger charge is -2.20. The molecule has 1 amide bonds. The van der Waals surface area contributed by atoms with Crippen molar-refractivity contribution in [2.45, 2.75) is 73.1 Å². The van der Waals surface area contributed by atoms with E-state index in [0.717, 1.165) is 39.8 Å². The Morgan fingerprint density at radius 1 is 0.971 bits per heavy atom. The van der Waals surface area contributed by atoms with Gasteiger partial charge in [0.15, 0.2) is 0 Å². The van der Waals surface area contributed by atoms with Crippen LogP contribution in [0.3, 0.4) is 0 Å². The third-order valence-corrected chi connectivity index (χ3v) is 5.85. The summed E-state index contributed by atoms with van der Waals surface area (Å²) in [6.45, 7) is 12.1. The normalized spacial score (nSPS) is 13.0. The molecule has 0 aromatic heterocycles. The van der Waals surface area contributed by atoms with Crippen molar-refractivity contribution in [3.8, 4) is 17.2 Å². The van der Waals surface area contributed by atoms with Gasteiger partial charge in [0.2, 0.25) is 0 Å². The fourth-order valence-corrected chi connectivity index (χ4v) is 4.47. The molecule has 0 bridgehead atoms. The minimum atomic E-state index is -0.262. The summed E-state index contributed by atoms with van der Waals surface area (Å²) in [5, 5.41) is 1.79. The number of hydrogen-bond donors (Lipinski definition) is 0. The Hall–Kier alpha value is -3.54. The molecule has 0 spiro atoms.